The molecule has 33 heavy (non-hydrogen) atoms. The summed E-state index contributed by atoms with van der Waals surface area (Å²) in [5, 5.41) is 1.67. The van der Waals surface area contributed by atoms with E-state index in [1.165, 1.54) is 0 Å². The Morgan fingerprint density at radius 1 is 0.909 bits per heavy atom. The largest absolute Gasteiger partial charge is 0.498 e. The van der Waals surface area contributed by atoms with Gasteiger partial charge in [0, 0.05) is 6.42 Å². The van der Waals surface area contributed by atoms with Crippen LogP contribution < -0.4 is 5.32 Å². The number of carbonyl (C=O) groups is 2. The molecule has 0 heterocycles. The van der Waals surface area contributed by atoms with Crippen LogP contribution in [0.5, 0.6) is 0 Å². The Morgan fingerprint density at radius 3 is 1.70 bits per heavy atom. The van der Waals surface area contributed by atoms with E-state index in [1.54, 1.807) is 5.32 Å². The van der Waals surface area contributed by atoms with Crippen LogP contribution in [-0.2, 0) is 33.9 Å². The zero-order valence-corrected chi connectivity index (χ0v) is 17.6. The smallest absolute Gasteiger partial charge is 0.460 e. The Balaban J connectivity index is 5.16. The quantitative estimate of drug-likeness (QED) is 0.201. The minimum Gasteiger partial charge on any atom is -0.460 e. The first-order chi connectivity index (χ1) is 14.5. The number of esters is 1. The van der Waals surface area contributed by atoms with Gasteiger partial charge in [-0.3, -0.25) is 0 Å². The maximum absolute atomic E-state index is 12.7. The fourth-order valence-electron chi connectivity index (χ4n) is 1.76. The van der Waals surface area contributed by atoms with Crippen LogP contribution in [-0.4, -0.2) is 69.9 Å². The molecule has 0 aromatic rings. The van der Waals surface area contributed by atoms with Crippen molar-refractivity contribution in [2.45, 2.75) is 41.2 Å². The number of amides is 1. The number of rotatable bonds is 9. The van der Waals surface area contributed by atoms with E-state index in [-0.39, 0.29) is 0 Å². The molecule has 1 N–H and O–H groups in total. The second kappa shape index (κ2) is 10.3. The first-order valence-corrected chi connectivity index (χ1v) is 11.0. The lowest BCUT2D eigenvalue weighted by Gasteiger charge is -2.23. The summed E-state index contributed by atoms with van der Waals surface area (Å²) in [7, 11) is -13.9. The molecule has 0 aliphatic heterocycles. The normalized spacial score (nSPS) is 14.5. The van der Waals surface area contributed by atoms with Gasteiger partial charge < -0.3 is 14.8 Å². The molecule has 0 aromatic carbocycles. The highest BCUT2D eigenvalue weighted by molar-refractivity contribution is 8.09. The third-order valence-electron chi connectivity index (χ3n) is 3.36. The van der Waals surface area contributed by atoms with Crippen molar-refractivity contribution in [1.29, 1.82) is 0 Å². The highest BCUT2D eigenvalue weighted by Crippen LogP contribution is 2.38. The number of alkyl halides is 9. The molecule has 0 saturated carbocycles. The summed E-state index contributed by atoms with van der Waals surface area (Å²) < 4.78 is 162. The summed E-state index contributed by atoms with van der Waals surface area (Å²) in [5.74, 6) is -1.91. The summed E-state index contributed by atoms with van der Waals surface area (Å²) in [4.78, 5) is 22.5. The van der Waals surface area contributed by atoms with Crippen LogP contribution in [0.15, 0.2) is 12.2 Å². The number of alkyl carbamates (subject to hydrolysis) is 1. The van der Waals surface area contributed by atoms with Gasteiger partial charge in [0.15, 0.2) is 4.58 Å². The van der Waals surface area contributed by atoms with Crippen molar-refractivity contribution < 1.29 is 75.4 Å². The number of ether oxygens (including phenoxy) is 2. The van der Waals surface area contributed by atoms with Crippen LogP contribution in [0.2, 0.25) is 0 Å². The lowest BCUT2D eigenvalue weighted by atomic mass is 10.3. The molecule has 9 nitrogen and oxygen atoms in total. The number of hydrogen-bond donors (Lipinski definition) is 1. The number of carbonyl (C=O) groups excluding carboxylic acids is 2. The minimum atomic E-state index is -6.94. The molecule has 0 spiro atoms. The summed E-state index contributed by atoms with van der Waals surface area (Å²) in [6.07, 6.45) is -10.9. The van der Waals surface area contributed by atoms with Gasteiger partial charge in [0.05, 0.1) is 6.54 Å². The lowest BCUT2D eigenvalue weighted by Crippen LogP contribution is -2.46. The van der Waals surface area contributed by atoms with Crippen molar-refractivity contribution in [2.24, 2.45) is 0 Å². The van der Waals surface area contributed by atoms with Crippen LogP contribution in [0.1, 0.15) is 13.3 Å². The molecule has 0 fully saturated rings. The molecule has 0 aromatic heterocycles. The highest BCUT2D eigenvalue weighted by Gasteiger charge is 2.63. The fourth-order valence-corrected chi connectivity index (χ4v) is 5.40. The molecule has 0 bridgehead atoms. The highest BCUT2D eigenvalue weighted by atomic mass is 32.3. The van der Waals surface area contributed by atoms with Crippen LogP contribution in [0, 0.1) is 0 Å². The van der Waals surface area contributed by atoms with Gasteiger partial charge in [0.25, 0.3) is 19.7 Å². The molecule has 0 aliphatic carbocycles. The monoisotopic (exact) mass is 547 g/mol. The van der Waals surface area contributed by atoms with Crippen LogP contribution in [0.25, 0.3) is 0 Å². The van der Waals surface area contributed by atoms with Gasteiger partial charge in [-0.2, -0.15) is 39.5 Å². The maximum atomic E-state index is 12.7. The second-order valence-corrected chi connectivity index (χ2v) is 10.4. The van der Waals surface area contributed by atoms with Gasteiger partial charge in [-0.15, -0.1) is 0 Å². The van der Waals surface area contributed by atoms with Crippen molar-refractivity contribution in [3.8, 4) is 0 Å². The van der Waals surface area contributed by atoms with Gasteiger partial charge in [-0.05, 0) is 6.92 Å². The van der Waals surface area contributed by atoms with Crippen molar-refractivity contribution in [1.82, 2.24) is 5.32 Å². The Kier molecular flexibility index (Phi) is 9.64. The molecular weight excluding hydrogens is 533 g/mol. The molecule has 0 saturated heterocycles. The summed E-state index contributed by atoms with van der Waals surface area (Å²) in [6.45, 7) is 1.30. The zero-order valence-electron chi connectivity index (χ0n) is 16.0. The molecule has 20 heteroatoms. The average molecular weight is 547 g/mol. The molecule has 1 atom stereocenters. The van der Waals surface area contributed by atoms with E-state index >= 15 is 0 Å². The predicted octanol–water partition coefficient (Wildman–Crippen LogP) is 2.35. The van der Waals surface area contributed by atoms with E-state index in [1.807, 2.05) is 0 Å². The van der Waals surface area contributed by atoms with E-state index in [2.05, 4.69) is 16.1 Å². The zero-order chi connectivity index (χ0) is 26.6. The number of halogens is 9. The summed E-state index contributed by atoms with van der Waals surface area (Å²) in [6, 6.07) is 0. The third-order valence-corrected chi connectivity index (χ3v) is 7.94. The van der Waals surface area contributed by atoms with Crippen molar-refractivity contribution in [3.05, 3.63) is 12.2 Å². The van der Waals surface area contributed by atoms with Crippen LogP contribution in [0.4, 0.5) is 44.3 Å². The SMILES string of the molecule is C=C(C(=O)OCCNC(=O)OC(C)CC(S(=O)(=O)C(F)(F)F)S(=O)(=O)C(F)(F)F)C(F)(F)F. The summed E-state index contributed by atoms with van der Waals surface area (Å²) in [5.41, 5.74) is -14.7. The average Bonchev–Trinajstić information content (AvgIpc) is 2.59. The Morgan fingerprint density at radius 2 is 1.33 bits per heavy atom. The molecule has 0 rings (SSSR count). The maximum Gasteiger partial charge on any atom is 0.498 e. The molecule has 1 unspecified atom stereocenters. The Labute approximate surface area is 179 Å². The first kappa shape index (κ1) is 30.8. The topological polar surface area (TPSA) is 133 Å². The van der Waals surface area contributed by atoms with Crippen LogP contribution in [0.3, 0.4) is 0 Å². The van der Waals surface area contributed by atoms with Crippen LogP contribution >= 0.6 is 0 Å². The molecule has 194 valence electrons. The predicted molar refractivity (Wildman–Crippen MR) is 88.5 cm³/mol. The van der Waals surface area contributed by atoms with Gasteiger partial charge in [0.2, 0.25) is 0 Å². The van der Waals surface area contributed by atoms with Gasteiger partial charge >= 0.3 is 29.3 Å². The molecule has 1 amide bonds. The fraction of sp³-hybridized carbons (Fsp3) is 0.692. The van der Waals surface area contributed by atoms with Crippen molar-refractivity contribution >= 4 is 31.7 Å². The van der Waals surface area contributed by atoms with E-state index in [0.717, 1.165) is 0 Å². The standard InChI is InChI=1S/C13H14F9NO8S2/c1-6(31-10(25)23-3-4-30-9(24)7(2)11(14,15)16)5-8(32(26,27)12(17,18)19)33(28,29)13(20,21)22/h6,8H,2-5H2,1H3,(H,23,25). The van der Waals surface area contributed by atoms with E-state index < -0.39 is 84.8 Å². The van der Waals surface area contributed by atoms with Gasteiger partial charge in [-0.1, -0.05) is 6.58 Å². The van der Waals surface area contributed by atoms with Gasteiger partial charge in [0.1, 0.15) is 18.3 Å². The minimum absolute atomic E-state index is 0.567. The van der Waals surface area contributed by atoms with E-state index in [0.29, 0.717) is 6.92 Å². The number of hydrogen-bond acceptors (Lipinski definition) is 8. The molecule has 0 radical (unpaired) electrons. The van der Waals surface area contributed by atoms with E-state index in [4.69, 9.17) is 0 Å². The van der Waals surface area contributed by atoms with E-state index in [9.17, 15) is 65.9 Å². The molecular formula is C13H14F9NO8S2. The number of sulfone groups is 2. The Hall–Kier alpha value is -2.25. The Bertz CT molecular complexity index is 908. The number of nitrogens with one attached hydrogen (secondary N) is 1. The first-order valence-electron chi connectivity index (χ1n) is 7.94. The van der Waals surface area contributed by atoms with Crippen molar-refractivity contribution in [3.63, 3.8) is 0 Å². The van der Waals surface area contributed by atoms with Gasteiger partial charge in [-0.25, -0.2) is 26.4 Å². The second-order valence-electron chi connectivity index (χ2n) is 5.90. The van der Waals surface area contributed by atoms with Crippen molar-refractivity contribution in [2.75, 3.05) is 13.2 Å². The third kappa shape index (κ3) is 8.23. The molecule has 0 aliphatic rings. The lowest BCUT2D eigenvalue weighted by molar-refractivity contribution is -0.150. The summed E-state index contributed by atoms with van der Waals surface area (Å²) >= 11 is 0.